The van der Waals surface area contributed by atoms with Crippen molar-refractivity contribution in [3.05, 3.63) is 101 Å². The predicted octanol–water partition coefficient (Wildman–Crippen LogP) is 6.06. The molecule has 3 rings (SSSR count). The van der Waals surface area contributed by atoms with E-state index in [1.165, 1.54) is 5.56 Å². The minimum atomic E-state index is -0.278. The van der Waals surface area contributed by atoms with Crippen molar-refractivity contribution in [3.8, 4) is 5.75 Å². The van der Waals surface area contributed by atoms with Crippen LogP contribution in [0.2, 0.25) is 0 Å². The molecule has 0 saturated carbocycles. The topological polar surface area (TPSA) is 43.4 Å². The highest BCUT2D eigenvalue weighted by Crippen LogP contribution is 2.24. The molecule has 0 heterocycles. The van der Waals surface area contributed by atoms with Gasteiger partial charge in [0.25, 0.3) is 0 Å². The first-order chi connectivity index (χ1) is 14.2. The van der Waals surface area contributed by atoms with Crippen LogP contribution in [-0.4, -0.2) is 11.8 Å². The second-order valence-corrected chi connectivity index (χ2v) is 8.60. The van der Waals surface area contributed by atoms with Gasteiger partial charge < -0.3 is 4.74 Å². The number of esters is 1. The molecule has 30 heavy (non-hydrogen) atoms. The van der Waals surface area contributed by atoms with Crippen LogP contribution in [0.1, 0.15) is 59.8 Å². The zero-order valence-corrected chi connectivity index (χ0v) is 18.1. The average Bonchev–Trinajstić information content (AvgIpc) is 2.73. The van der Waals surface area contributed by atoms with E-state index in [2.05, 4.69) is 45.0 Å². The highest BCUT2D eigenvalue weighted by Gasteiger charge is 2.14. The fraction of sp³-hybridized carbons (Fsp3) is 0.259. The summed E-state index contributed by atoms with van der Waals surface area (Å²) in [4.78, 5) is 24.9. The van der Waals surface area contributed by atoms with Crippen molar-refractivity contribution in [2.24, 2.45) is 0 Å². The molecule has 0 saturated heterocycles. The minimum absolute atomic E-state index is 0.0460. The maximum Gasteiger partial charge on any atom is 0.311 e. The van der Waals surface area contributed by atoms with Crippen molar-refractivity contribution < 1.29 is 14.3 Å². The monoisotopic (exact) mass is 400 g/mol. The number of aryl methyl sites for hydroxylation is 2. The Morgan fingerprint density at radius 2 is 1.50 bits per heavy atom. The molecule has 0 aliphatic carbocycles. The van der Waals surface area contributed by atoms with E-state index in [1.807, 2.05) is 25.1 Å². The number of ether oxygens (including phenoxy) is 1. The lowest BCUT2D eigenvalue weighted by atomic mass is 9.86. The first kappa shape index (κ1) is 21.5. The van der Waals surface area contributed by atoms with Crippen LogP contribution in [0.5, 0.6) is 5.75 Å². The van der Waals surface area contributed by atoms with E-state index in [-0.39, 0.29) is 17.2 Å². The molecule has 0 aliphatic rings. The van der Waals surface area contributed by atoms with Gasteiger partial charge in [0.05, 0.1) is 0 Å². The molecule has 0 fully saturated rings. The second-order valence-electron chi connectivity index (χ2n) is 8.60. The standard InChI is InChI=1S/C27H28O3/c1-19-18-22(26(29)21-8-6-5-7-9-21)13-16-24(19)30-25(28)17-12-20-10-14-23(15-11-20)27(2,3)4/h5-11,13-16,18H,12,17H2,1-4H3. The quantitative estimate of drug-likeness (QED) is 0.287. The molecule has 0 atom stereocenters. The van der Waals surface area contributed by atoms with E-state index < -0.39 is 0 Å². The third-order valence-corrected chi connectivity index (χ3v) is 5.13. The SMILES string of the molecule is Cc1cc(C(=O)c2ccccc2)ccc1OC(=O)CCc1ccc(C(C)(C)C)cc1. The fourth-order valence-corrected chi connectivity index (χ4v) is 3.25. The van der Waals surface area contributed by atoms with E-state index >= 15 is 0 Å². The van der Waals surface area contributed by atoms with Crippen LogP contribution in [0.3, 0.4) is 0 Å². The van der Waals surface area contributed by atoms with Crippen molar-refractivity contribution in [2.45, 2.75) is 46.0 Å². The molecular weight excluding hydrogens is 372 g/mol. The number of rotatable bonds is 6. The van der Waals surface area contributed by atoms with Crippen LogP contribution in [0.4, 0.5) is 0 Å². The average molecular weight is 401 g/mol. The van der Waals surface area contributed by atoms with Gasteiger partial charge in [0.15, 0.2) is 5.78 Å². The molecular formula is C27H28O3. The molecule has 0 aliphatic heterocycles. The number of hydrogen-bond donors (Lipinski definition) is 0. The smallest absolute Gasteiger partial charge is 0.311 e. The molecule has 0 N–H and O–H groups in total. The number of carbonyl (C=O) groups is 2. The molecule has 154 valence electrons. The largest absolute Gasteiger partial charge is 0.426 e. The van der Waals surface area contributed by atoms with Gasteiger partial charge >= 0.3 is 5.97 Å². The molecule has 3 aromatic rings. The summed E-state index contributed by atoms with van der Waals surface area (Å²) in [5.41, 5.74) is 4.48. The van der Waals surface area contributed by atoms with Gasteiger partial charge in [-0.05, 0) is 53.6 Å². The Labute approximate surface area is 178 Å². The third kappa shape index (κ3) is 5.44. The van der Waals surface area contributed by atoms with E-state index in [1.54, 1.807) is 30.3 Å². The number of hydrogen-bond acceptors (Lipinski definition) is 3. The number of ketones is 1. The van der Waals surface area contributed by atoms with Crippen molar-refractivity contribution in [2.75, 3.05) is 0 Å². The number of carbonyl (C=O) groups excluding carboxylic acids is 2. The molecule has 0 bridgehead atoms. The van der Waals surface area contributed by atoms with Gasteiger partial charge in [0.1, 0.15) is 5.75 Å². The molecule has 0 radical (unpaired) electrons. The summed E-state index contributed by atoms with van der Waals surface area (Å²) in [6, 6.07) is 22.7. The molecule has 0 aromatic heterocycles. The molecule has 3 aromatic carbocycles. The molecule has 0 unspecified atom stereocenters. The Morgan fingerprint density at radius 3 is 2.10 bits per heavy atom. The second kappa shape index (κ2) is 9.08. The Hall–Kier alpha value is -3.20. The van der Waals surface area contributed by atoms with Crippen LogP contribution in [0.15, 0.2) is 72.8 Å². The van der Waals surface area contributed by atoms with Crippen molar-refractivity contribution >= 4 is 11.8 Å². The lowest BCUT2D eigenvalue weighted by Gasteiger charge is -2.19. The summed E-state index contributed by atoms with van der Waals surface area (Å²) in [5.74, 6) is 0.170. The van der Waals surface area contributed by atoms with Crippen molar-refractivity contribution in [1.82, 2.24) is 0 Å². The zero-order valence-electron chi connectivity index (χ0n) is 18.1. The lowest BCUT2D eigenvalue weighted by molar-refractivity contribution is -0.134. The summed E-state index contributed by atoms with van der Waals surface area (Å²) in [6.45, 7) is 8.39. The van der Waals surface area contributed by atoms with E-state index in [0.717, 1.165) is 11.1 Å². The molecule has 0 spiro atoms. The predicted molar refractivity (Wildman–Crippen MR) is 120 cm³/mol. The van der Waals surface area contributed by atoms with Crippen LogP contribution in [0, 0.1) is 6.92 Å². The third-order valence-electron chi connectivity index (χ3n) is 5.13. The van der Waals surface area contributed by atoms with E-state index in [4.69, 9.17) is 4.74 Å². The maximum atomic E-state index is 12.6. The van der Waals surface area contributed by atoms with Gasteiger partial charge in [-0.1, -0.05) is 75.4 Å². The van der Waals surface area contributed by atoms with Gasteiger partial charge in [-0.15, -0.1) is 0 Å². The number of benzene rings is 3. The van der Waals surface area contributed by atoms with Crippen LogP contribution < -0.4 is 4.74 Å². The van der Waals surface area contributed by atoms with Gasteiger partial charge in [-0.2, -0.15) is 0 Å². The molecule has 3 heteroatoms. The minimum Gasteiger partial charge on any atom is -0.426 e. The lowest BCUT2D eigenvalue weighted by Crippen LogP contribution is -2.12. The van der Waals surface area contributed by atoms with Crippen LogP contribution >= 0.6 is 0 Å². The van der Waals surface area contributed by atoms with Crippen LogP contribution in [-0.2, 0) is 16.6 Å². The maximum absolute atomic E-state index is 12.6. The van der Waals surface area contributed by atoms with Gasteiger partial charge in [-0.25, -0.2) is 0 Å². The first-order valence-electron chi connectivity index (χ1n) is 10.2. The van der Waals surface area contributed by atoms with Gasteiger partial charge in [0, 0.05) is 17.5 Å². The van der Waals surface area contributed by atoms with E-state index in [0.29, 0.717) is 29.7 Å². The highest BCUT2D eigenvalue weighted by atomic mass is 16.5. The van der Waals surface area contributed by atoms with Crippen LogP contribution in [0.25, 0.3) is 0 Å². The summed E-state index contributed by atoms with van der Waals surface area (Å²) in [5, 5.41) is 0. The Balaban J connectivity index is 1.59. The summed E-state index contributed by atoms with van der Waals surface area (Å²) in [7, 11) is 0. The Bertz CT molecular complexity index is 1030. The summed E-state index contributed by atoms with van der Waals surface area (Å²) in [6.07, 6.45) is 0.936. The molecule has 0 amide bonds. The molecule has 3 nitrogen and oxygen atoms in total. The Kier molecular flexibility index (Phi) is 6.51. The summed E-state index contributed by atoms with van der Waals surface area (Å²) >= 11 is 0. The van der Waals surface area contributed by atoms with Crippen molar-refractivity contribution in [3.63, 3.8) is 0 Å². The summed E-state index contributed by atoms with van der Waals surface area (Å²) < 4.78 is 5.54. The normalized spacial score (nSPS) is 11.2. The first-order valence-corrected chi connectivity index (χ1v) is 10.2. The highest BCUT2D eigenvalue weighted by molar-refractivity contribution is 6.09. The van der Waals surface area contributed by atoms with E-state index in [9.17, 15) is 9.59 Å². The zero-order chi connectivity index (χ0) is 21.7. The van der Waals surface area contributed by atoms with Gasteiger partial charge in [-0.3, -0.25) is 9.59 Å². The van der Waals surface area contributed by atoms with Gasteiger partial charge in [0.2, 0.25) is 0 Å². The Morgan fingerprint density at radius 1 is 0.833 bits per heavy atom. The fourth-order valence-electron chi connectivity index (χ4n) is 3.25. The van der Waals surface area contributed by atoms with Crippen molar-refractivity contribution in [1.29, 1.82) is 0 Å².